The zero-order valence-corrected chi connectivity index (χ0v) is 15.4. The third-order valence-electron chi connectivity index (χ3n) is 5.07. The second kappa shape index (κ2) is 7.92. The number of hydrogen-bond donors (Lipinski definition) is 0. The molecule has 2 aliphatic heterocycles. The fraction of sp³-hybridized carbons (Fsp3) is 0.524. The highest BCUT2D eigenvalue weighted by molar-refractivity contribution is 5.84. The summed E-state index contributed by atoms with van der Waals surface area (Å²) in [5, 5.41) is 2.33. The molecule has 0 N–H and O–H groups in total. The van der Waals surface area contributed by atoms with E-state index in [1.807, 2.05) is 12.1 Å². The number of methoxy groups -OCH3 is 1. The van der Waals surface area contributed by atoms with Crippen LogP contribution in [0, 0.1) is 0 Å². The van der Waals surface area contributed by atoms with Crippen LogP contribution < -0.4 is 4.74 Å². The van der Waals surface area contributed by atoms with Crippen molar-refractivity contribution < 1.29 is 23.7 Å². The summed E-state index contributed by atoms with van der Waals surface area (Å²) >= 11 is 0. The zero-order valence-electron chi connectivity index (χ0n) is 15.4. The second-order valence-corrected chi connectivity index (χ2v) is 6.86. The predicted molar refractivity (Wildman–Crippen MR) is 98.3 cm³/mol. The number of ether oxygens (including phenoxy) is 5. The Labute approximate surface area is 154 Å². The van der Waals surface area contributed by atoms with Gasteiger partial charge in [0.15, 0.2) is 6.29 Å². The van der Waals surface area contributed by atoms with Crippen LogP contribution in [0.5, 0.6) is 5.75 Å². The van der Waals surface area contributed by atoms with E-state index in [9.17, 15) is 0 Å². The lowest BCUT2D eigenvalue weighted by Crippen LogP contribution is -2.42. The summed E-state index contributed by atoms with van der Waals surface area (Å²) in [6.45, 7) is 3.85. The molecule has 0 bridgehead atoms. The van der Waals surface area contributed by atoms with Crippen molar-refractivity contribution in [1.29, 1.82) is 0 Å². The number of hydrogen-bond acceptors (Lipinski definition) is 5. The summed E-state index contributed by atoms with van der Waals surface area (Å²) in [7, 11) is 1.69. The Bertz CT molecular complexity index is 746. The standard InChI is InChI=1S/C21H26O5/c1-3-4-18-19(20-21(26-18)24-10-9-23-20)25-13-14-5-6-15-7-8-17(22-2)12-16(15)11-14/h5-8,11-12,18-21H,3-4,9-10,13H2,1-2H3/t18-,19+,20-,21+/m1/s1. The molecule has 0 saturated carbocycles. The molecule has 0 aliphatic carbocycles. The Hall–Kier alpha value is -1.66. The van der Waals surface area contributed by atoms with Gasteiger partial charge in [-0.05, 0) is 41.0 Å². The SMILES string of the molecule is CCC[C@H]1O[C@@H]2OCCO[C@@H]2[C@H]1OCc1ccc2ccc(OC)cc2c1. The Morgan fingerprint density at radius 1 is 1.04 bits per heavy atom. The molecule has 2 aromatic carbocycles. The molecule has 0 radical (unpaired) electrons. The molecule has 0 amide bonds. The summed E-state index contributed by atoms with van der Waals surface area (Å²) in [5.74, 6) is 0.860. The van der Waals surface area contributed by atoms with Crippen LogP contribution in [0.15, 0.2) is 36.4 Å². The maximum absolute atomic E-state index is 6.27. The third kappa shape index (κ3) is 3.58. The lowest BCUT2D eigenvalue weighted by atomic mass is 10.1. The van der Waals surface area contributed by atoms with Crippen molar-refractivity contribution >= 4 is 10.8 Å². The van der Waals surface area contributed by atoms with Gasteiger partial charge in [0.25, 0.3) is 0 Å². The maximum Gasteiger partial charge on any atom is 0.186 e. The first-order chi connectivity index (χ1) is 12.8. The lowest BCUT2D eigenvalue weighted by Gasteiger charge is -2.28. The predicted octanol–water partition coefficient (Wildman–Crippen LogP) is 3.67. The summed E-state index contributed by atoms with van der Waals surface area (Å²) in [4.78, 5) is 0. The minimum atomic E-state index is -0.300. The average molecular weight is 358 g/mol. The Morgan fingerprint density at radius 3 is 2.73 bits per heavy atom. The summed E-state index contributed by atoms with van der Waals surface area (Å²) in [5.41, 5.74) is 1.13. The first-order valence-corrected chi connectivity index (χ1v) is 9.35. The van der Waals surface area contributed by atoms with Gasteiger partial charge in [-0.1, -0.05) is 31.5 Å². The Morgan fingerprint density at radius 2 is 1.88 bits per heavy atom. The lowest BCUT2D eigenvalue weighted by molar-refractivity contribution is -0.222. The van der Waals surface area contributed by atoms with Gasteiger partial charge in [0.1, 0.15) is 18.0 Å². The van der Waals surface area contributed by atoms with Gasteiger partial charge >= 0.3 is 0 Å². The molecule has 4 rings (SSSR count). The first-order valence-electron chi connectivity index (χ1n) is 9.35. The van der Waals surface area contributed by atoms with Crippen LogP contribution in [-0.2, 0) is 25.6 Å². The highest BCUT2D eigenvalue weighted by atomic mass is 16.7. The van der Waals surface area contributed by atoms with Gasteiger partial charge in [-0.15, -0.1) is 0 Å². The largest absolute Gasteiger partial charge is 0.497 e. The van der Waals surface area contributed by atoms with E-state index in [0.717, 1.165) is 29.5 Å². The minimum Gasteiger partial charge on any atom is -0.497 e. The summed E-state index contributed by atoms with van der Waals surface area (Å²) in [6, 6.07) is 12.5. The van der Waals surface area contributed by atoms with Crippen molar-refractivity contribution in [2.24, 2.45) is 0 Å². The molecule has 0 spiro atoms. The Kier molecular flexibility index (Phi) is 5.41. The zero-order chi connectivity index (χ0) is 17.9. The highest BCUT2D eigenvalue weighted by Crippen LogP contribution is 2.32. The van der Waals surface area contributed by atoms with Crippen LogP contribution in [0.25, 0.3) is 10.8 Å². The maximum atomic E-state index is 6.27. The molecule has 140 valence electrons. The minimum absolute atomic E-state index is 0.0219. The van der Waals surface area contributed by atoms with Gasteiger partial charge in [-0.25, -0.2) is 0 Å². The molecule has 2 heterocycles. The van der Waals surface area contributed by atoms with Crippen molar-refractivity contribution in [3.8, 4) is 5.75 Å². The molecule has 2 aromatic rings. The fourth-order valence-corrected chi connectivity index (χ4v) is 3.75. The molecule has 4 atom stereocenters. The van der Waals surface area contributed by atoms with Gasteiger partial charge in [-0.3, -0.25) is 0 Å². The van der Waals surface area contributed by atoms with E-state index >= 15 is 0 Å². The Balaban J connectivity index is 1.48. The quantitative estimate of drug-likeness (QED) is 0.788. The van der Waals surface area contributed by atoms with E-state index in [1.54, 1.807) is 7.11 Å². The first kappa shape index (κ1) is 17.7. The number of fused-ring (bicyclic) bond motifs is 2. The van der Waals surface area contributed by atoms with Gasteiger partial charge in [0.2, 0.25) is 0 Å². The van der Waals surface area contributed by atoms with E-state index in [2.05, 4.69) is 31.2 Å². The summed E-state index contributed by atoms with van der Waals surface area (Å²) < 4.78 is 29.2. The van der Waals surface area contributed by atoms with Gasteiger partial charge in [0.05, 0.1) is 33.0 Å². The molecule has 0 aromatic heterocycles. The molecule has 5 heteroatoms. The third-order valence-corrected chi connectivity index (χ3v) is 5.07. The number of benzene rings is 2. The van der Waals surface area contributed by atoms with Gasteiger partial charge < -0.3 is 23.7 Å². The van der Waals surface area contributed by atoms with Crippen LogP contribution in [0.2, 0.25) is 0 Å². The van der Waals surface area contributed by atoms with Crippen LogP contribution in [-0.4, -0.2) is 44.9 Å². The monoisotopic (exact) mass is 358 g/mol. The molecular formula is C21H26O5. The van der Waals surface area contributed by atoms with Crippen molar-refractivity contribution in [2.75, 3.05) is 20.3 Å². The second-order valence-electron chi connectivity index (χ2n) is 6.86. The van der Waals surface area contributed by atoms with Gasteiger partial charge in [-0.2, -0.15) is 0 Å². The highest BCUT2D eigenvalue weighted by Gasteiger charge is 2.47. The van der Waals surface area contributed by atoms with E-state index in [4.69, 9.17) is 23.7 Å². The molecular weight excluding hydrogens is 332 g/mol. The van der Waals surface area contributed by atoms with Crippen molar-refractivity contribution in [3.63, 3.8) is 0 Å². The smallest absolute Gasteiger partial charge is 0.186 e. The number of rotatable bonds is 6. The van der Waals surface area contributed by atoms with Crippen LogP contribution in [0.4, 0.5) is 0 Å². The van der Waals surface area contributed by atoms with Crippen molar-refractivity contribution in [3.05, 3.63) is 42.0 Å². The molecule has 2 fully saturated rings. The van der Waals surface area contributed by atoms with Crippen LogP contribution in [0.1, 0.15) is 25.3 Å². The van der Waals surface area contributed by atoms with Gasteiger partial charge in [0, 0.05) is 0 Å². The fourth-order valence-electron chi connectivity index (χ4n) is 3.75. The van der Waals surface area contributed by atoms with Crippen molar-refractivity contribution in [2.45, 2.75) is 51.0 Å². The van der Waals surface area contributed by atoms with E-state index < -0.39 is 0 Å². The molecule has 5 nitrogen and oxygen atoms in total. The van der Waals surface area contributed by atoms with Crippen molar-refractivity contribution in [1.82, 2.24) is 0 Å². The molecule has 26 heavy (non-hydrogen) atoms. The molecule has 2 aliphatic rings. The normalized spacial score (nSPS) is 28.2. The van der Waals surface area contributed by atoms with Crippen LogP contribution >= 0.6 is 0 Å². The van der Waals surface area contributed by atoms with E-state index in [-0.39, 0.29) is 24.6 Å². The topological polar surface area (TPSA) is 46.2 Å². The van der Waals surface area contributed by atoms with Crippen LogP contribution in [0.3, 0.4) is 0 Å². The van der Waals surface area contributed by atoms with E-state index in [0.29, 0.717) is 19.8 Å². The average Bonchev–Trinajstić information content (AvgIpc) is 3.03. The molecule has 2 saturated heterocycles. The summed E-state index contributed by atoms with van der Waals surface area (Å²) in [6.07, 6.45) is 1.47. The molecule has 0 unspecified atom stereocenters. The van der Waals surface area contributed by atoms with E-state index in [1.165, 1.54) is 5.39 Å².